The van der Waals surface area contributed by atoms with Crippen LogP contribution < -0.4 is 11.1 Å². The van der Waals surface area contributed by atoms with Crippen LogP contribution in [-0.2, 0) is 0 Å². The predicted octanol–water partition coefficient (Wildman–Crippen LogP) is 4.29. The highest BCUT2D eigenvalue weighted by Gasteiger charge is 2.20. The molecule has 0 radical (unpaired) electrons. The Bertz CT molecular complexity index is 567. The van der Waals surface area contributed by atoms with Crippen molar-refractivity contribution < 1.29 is 0 Å². The highest BCUT2D eigenvalue weighted by Crippen LogP contribution is 2.39. The maximum absolute atomic E-state index is 6.04. The number of nitrogens with one attached hydrogen (secondary N) is 1. The zero-order valence-corrected chi connectivity index (χ0v) is 13.3. The molecule has 1 aliphatic rings. The average molecular weight is 308 g/mol. The monoisotopic (exact) mass is 308 g/mol. The summed E-state index contributed by atoms with van der Waals surface area (Å²) >= 11 is 3.10. The molecule has 0 spiro atoms. The van der Waals surface area contributed by atoms with Crippen molar-refractivity contribution >= 4 is 33.7 Å². The third-order valence-corrected chi connectivity index (χ3v) is 5.51. The standard InChI is InChI=1S/C14H20N4S2/c1-9-8-19-13(16-9)11-12(15)18-20-14(11)17-10-6-4-2-3-5-7-10/h8,10,17H,2-7H2,1H3,(H2,15,18). The predicted molar refractivity (Wildman–Crippen MR) is 87.5 cm³/mol. The SMILES string of the molecule is Cc1csc(-c2c(N)nsc2NC2CCCCCC2)n1. The molecule has 1 fully saturated rings. The minimum absolute atomic E-state index is 0.553. The molecular formula is C14H20N4S2. The molecule has 2 heterocycles. The fourth-order valence-electron chi connectivity index (χ4n) is 2.69. The van der Waals surface area contributed by atoms with E-state index in [0.717, 1.165) is 21.3 Å². The van der Waals surface area contributed by atoms with Gasteiger partial charge in [-0.1, -0.05) is 25.7 Å². The van der Waals surface area contributed by atoms with E-state index in [0.29, 0.717) is 11.9 Å². The van der Waals surface area contributed by atoms with Gasteiger partial charge in [0.1, 0.15) is 15.8 Å². The number of nitrogen functional groups attached to an aromatic ring is 1. The first-order valence-corrected chi connectivity index (χ1v) is 8.83. The van der Waals surface area contributed by atoms with E-state index in [9.17, 15) is 0 Å². The highest BCUT2D eigenvalue weighted by atomic mass is 32.1. The van der Waals surface area contributed by atoms with E-state index in [-0.39, 0.29) is 0 Å². The van der Waals surface area contributed by atoms with Gasteiger partial charge in [0.15, 0.2) is 0 Å². The molecule has 0 atom stereocenters. The molecule has 0 unspecified atom stereocenters. The van der Waals surface area contributed by atoms with Crippen molar-refractivity contribution in [1.82, 2.24) is 9.36 Å². The van der Waals surface area contributed by atoms with E-state index in [2.05, 4.69) is 20.1 Å². The van der Waals surface area contributed by atoms with Crippen molar-refractivity contribution in [2.75, 3.05) is 11.1 Å². The van der Waals surface area contributed by atoms with Gasteiger partial charge in [-0.2, -0.15) is 4.37 Å². The summed E-state index contributed by atoms with van der Waals surface area (Å²) in [6.07, 6.45) is 7.85. The van der Waals surface area contributed by atoms with Crippen LogP contribution in [0.5, 0.6) is 0 Å². The maximum Gasteiger partial charge on any atom is 0.149 e. The molecule has 1 saturated carbocycles. The Hall–Kier alpha value is -1.14. The zero-order valence-electron chi connectivity index (χ0n) is 11.7. The van der Waals surface area contributed by atoms with Crippen LogP contribution in [0, 0.1) is 6.92 Å². The molecule has 3 rings (SSSR count). The van der Waals surface area contributed by atoms with Gasteiger partial charge in [-0.05, 0) is 31.3 Å². The number of hydrogen-bond acceptors (Lipinski definition) is 6. The molecule has 2 aromatic rings. The molecule has 6 heteroatoms. The van der Waals surface area contributed by atoms with Gasteiger partial charge in [0.25, 0.3) is 0 Å². The molecular weight excluding hydrogens is 288 g/mol. The van der Waals surface area contributed by atoms with Crippen molar-refractivity contribution in [3.8, 4) is 10.6 Å². The molecule has 0 aliphatic heterocycles. The quantitative estimate of drug-likeness (QED) is 0.830. The lowest BCUT2D eigenvalue weighted by molar-refractivity contribution is 0.621. The first-order chi connectivity index (χ1) is 9.74. The largest absolute Gasteiger partial charge is 0.382 e. The van der Waals surface area contributed by atoms with Gasteiger partial charge in [0.2, 0.25) is 0 Å². The lowest BCUT2D eigenvalue weighted by atomic mass is 10.1. The van der Waals surface area contributed by atoms with Gasteiger partial charge >= 0.3 is 0 Å². The van der Waals surface area contributed by atoms with Crippen molar-refractivity contribution in [2.24, 2.45) is 0 Å². The number of thiazole rings is 1. The molecule has 0 bridgehead atoms. The topological polar surface area (TPSA) is 63.8 Å². The summed E-state index contributed by atoms with van der Waals surface area (Å²) in [4.78, 5) is 4.55. The number of rotatable bonds is 3. The van der Waals surface area contributed by atoms with E-state index < -0.39 is 0 Å². The van der Waals surface area contributed by atoms with Crippen LogP contribution in [0.15, 0.2) is 5.38 Å². The Morgan fingerprint density at radius 3 is 2.65 bits per heavy atom. The van der Waals surface area contributed by atoms with Gasteiger partial charge in [-0.3, -0.25) is 0 Å². The second-order valence-electron chi connectivity index (χ2n) is 5.40. The van der Waals surface area contributed by atoms with E-state index in [1.165, 1.54) is 50.1 Å². The second kappa shape index (κ2) is 6.10. The molecule has 0 amide bonds. The first-order valence-electron chi connectivity index (χ1n) is 7.18. The third-order valence-electron chi connectivity index (χ3n) is 3.74. The molecule has 2 aromatic heterocycles. The fraction of sp³-hybridized carbons (Fsp3) is 0.571. The summed E-state index contributed by atoms with van der Waals surface area (Å²) in [6.45, 7) is 2.01. The van der Waals surface area contributed by atoms with Crippen LogP contribution in [0.2, 0.25) is 0 Å². The molecule has 3 N–H and O–H groups in total. The number of anilines is 2. The summed E-state index contributed by atoms with van der Waals surface area (Å²) in [7, 11) is 0. The summed E-state index contributed by atoms with van der Waals surface area (Å²) in [5, 5.41) is 7.78. The van der Waals surface area contributed by atoms with Gasteiger partial charge in [-0.15, -0.1) is 11.3 Å². The van der Waals surface area contributed by atoms with E-state index in [4.69, 9.17) is 5.73 Å². The highest BCUT2D eigenvalue weighted by molar-refractivity contribution is 7.15. The van der Waals surface area contributed by atoms with Crippen molar-refractivity contribution in [3.05, 3.63) is 11.1 Å². The van der Waals surface area contributed by atoms with E-state index in [1.807, 2.05) is 6.92 Å². The van der Waals surface area contributed by atoms with Crippen LogP contribution in [0.1, 0.15) is 44.2 Å². The third kappa shape index (κ3) is 2.96. The van der Waals surface area contributed by atoms with Gasteiger partial charge < -0.3 is 11.1 Å². The van der Waals surface area contributed by atoms with Gasteiger partial charge in [0.05, 0.1) is 5.56 Å². The Labute approximate surface area is 127 Å². The minimum Gasteiger partial charge on any atom is -0.382 e. The van der Waals surface area contributed by atoms with Crippen LogP contribution in [0.25, 0.3) is 10.6 Å². The van der Waals surface area contributed by atoms with Gasteiger partial charge in [0, 0.05) is 17.1 Å². The zero-order chi connectivity index (χ0) is 13.9. The fourth-order valence-corrected chi connectivity index (χ4v) is 4.40. The smallest absolute Gasteiger partial charge is 0.149 e. The summed E-state index contributed by atoms with van der Waals surface area (Å²) in [5.41, 5.74) is 8.08. The van der Waals surface area contributed by atoms with Crippen LogP contribution in [-0.4, -0.2) is 15.4 Å². The number of aryl methyl sites for hydroxylation is 1. The molecule has 4 nitrogen and oxygen atoms in total. The average Bonchev–Trinajstić information content (AvgIpc) is 2.89. The summed E-state index contributed by atoms with van der Waals surface area (Å²) < 4.78 is 4.31. The van der Waals surface area contributed by atoms with Crippen molar-refractivity contribution in [3.63, 3.8) is 0 Å². The van der Waals surface area contributed by atoms with E-state index >= 15 is 0 Å². The molecule has 1 aliphatic carbocycles. The van der Waals surface area contributed by atoms with Crippen LogP contribution >= 0.6 is 22.9 Å². The van der Waals surface area contributed by atoms with Crippen LogP contribution in [0.3, 0.4) is 0 Å². The Morgan fingerprint density at radius 2 is 2.00 bits per heavy atom. The summed E-state index contributed by atoms with van der Waals surface area (Å²) in [6, 6.07) is 0.553. The maximum atomic E-state index is 6.04. The Morgan fingerprint density at radius 1 is 1.25 bits per heavy atom. The van der Waals surface area contributed by atoms with Crippen molar-refractivity contribution in [1.29, 1.82) is 0 Å². The van der Waals surface area contributed by atoms with E-state index in [1.54, 1.807) is 11.3 Å². The van der Waals surface area contributed by atoms with Crippen molar-refractivity contribution in [2.45, 2.75) is 51.5 Å². The number of hydrogen-bond donors (Lipinski definition) is 2. The lowest BCUT2D eigenvalue weighted by Crippen LogP contribution is -2.17. The van der Waals surface area contributed by atoms with Crippen LogP contribution in [0.4, 0.5) is 10.8 Å². The molecule has 20 heavy (non-hydrogen) atoms. The molecule has 0 aromatic carbocycles. The first kappa shape index (κ1) is 13.8. The molecule has 0 saturated heterocycles. The number of nitrogens with zero attached hydrogens (tertiary/aromatic N) is 2. The minimum atomic E-state index is 0.553. The summed E-state index contributed by atoms with van der Waals surface area (Å²) in [5.74, 6) is 0.598. The number of nitrogens with two attached hydrogens (primary N) is 1. The van der Waals surface area contributed by atoms with Gasteiger partial charge in [-0.25, -0.2) is 4.98 Å². The Balaban J connectivity index is 1.83. The normalized spacial score (nSPS) is 17.1. The molecule has 108 valence electrons. The Kier molecular flexibility index (Phi) is 4.21. The second-order valence-corrected chi connectivity index (χ2v) is 7.03. The number of aromatic nitrogens is 2. The lowest BCUT2D eigenvalue weighted by Gasteiger charge is -2.16.